The molecule has 2 aromatic carbocycles. The Hall–Kier alpha value is -1.26. The van der Waals surface area contributed by atoms with E-state index in [2.05, 4.69) is 15.9 Å². The number of anilines is 2. The molecule has 0 saturated heterocycles. The van der Waals surface area contributed by atoms with Gasteiger partial charge in [0.15, 0.2) is 0 Å². The number of hydrogen-bond acceptors (Lipinski definition) is 2. The van der Waals surface area contributed by atoms with E-state index >= 15 is 0 Å². The molecule has 0 fully saturated rings. The van der Waals surface area contributed by atoms with Gasteiger partial charge in [0.2, 0.25) is 0 Å². The minimum absolute atomic E-state index is 0.267. The van der Waals surface area contributed by atoms with Crippen molar-refractivity contribution in [3.05, 3.63) is 57.3 Å². The van der Waals surface area contributed by atoms with Gasteiger partial charge in [-0.1, -0.05) is 27.5 Å². The minimum atomic E-state index is -0.267. The molecule has 5 heteroatoms. The summed E-state index contributed by atoms with van der Waals surface area (Å²) < 4.78 is 14.0. The third-order valence-electron chi connectivity index (χ3n) is 2.75. The summed E-state index contributed by atoms with van der Waals surface area (Å²) >= 11 is 9.25. The normalized spacial score (nSPS) is 10.5. The van der Waals surface area contributed by atoms with Gasteiger partial charge in [0.1, 0.15) is 5.82 Å². The predicted octanol–water partition coefficient (Wildman–Crippen LogP) is 4.46. The highest BCUT2D eigenvalue weighted by atomic mass is 79.9. The van der Waals surface area contributed by atoms with Crippen LogP contribution in [0.5, 0.6) is 0 Å². The van der Waals surface area contributed by atoms with E-state index < -0.39 is 0 Å². The summed E-state index contributed by atoms with van der Waals surface area (Å²) in [5.74, 6) is -0.267. The van der Waals surface area contributed by atoms with Crippen LogP contribution < -0.4 is 10.6 Å². The largest absolute Gasteiger partial charge is 0.397 e. The lowest BCUT2D eigenvalue weighted by Crippen LogP contribution is -2.17. The first-order valence-corrected chi connectivity index (χ1v) is 6.84. The number of halogens is 3. The average Bonchev–Trinajstić information content (AvgIpc) is 2.30. The lowest BCUT2D eigenvalue weighted by Gasteiger charge is -2.21. The molecule has 0 spiro atoms. The first-order chi connectivity index (χ1) is 8.95. The van der Waals surface area contributed by atoms with Crippen molar-refractivity contribution in [2.45, 2.75) is 6.54 Å². The van der Waals surface area contributed by atoms with Gasteiger partial charge in [-0.25, -0.2) is 4.39 Å². The fourth-order valence-electron chi connectivity index (χ4n) is 1.91. The molecular formula is C14H13BrClFN2. The molecule has 19 heavy (non-hydrogen) atoms. The Bertz CT molecular complexity index is 584. The van der Waals surface area contributed by atoms with Crippen LogP contribution in [0.25, 0.3) is 0 Å². The lowest BCUT2D eigenvalue weighted by atomic mass is 10.2. The first kappa shape index (κ1) is 14.2. The van der Waals surface area contributed by atoms with E-state index in [1.807, 2.05) is 18.0 Å². The van der Waals surface area contributed by atoms with Crippen molar-refractivity contribution < 1.29 is 4.39 Å². The number of nitrogens with zero attached hydrogens (tertiary/aromatic N) is 1. The van der Waals surface area contributed by atoms with Crippen LogP contribution in [-0.2, 0) is 6.54 Å². The van der Waals surface area contributed by atoms with Crippen molar-refractivity contribution in [3.8, 4) is 0 Å². The van der Waals surface area contributed by atoms with Gasteiger partial charge in [-0.2, -0.15) is 0 Å². The summed E-state index contributed by atoms with van der Waals surface area (Å²) in [5, 5.41) is 0.622. The Morgan fingerprint density at radius 2 is 2.00 bits per heavy atom. The van der Waals surface area contributed by atoms with E-state index in [1.54, 1.807) is 18.2 Å². The molecule has 0 saturated carbocycles. The van der Waals surface area contributed by atoms with Gasteiger partial charge in [0, 0.05) is 23.1 Å². The smallest absolute Gasteiger partial charge is 0.124 e. The standard InChI is InChI=1S/C14H13BrClFN2/c1-19(14-7-11(16)2-3-13(14)18)8-9-4-10(15)6-12(17)5-9/h2-7H,8,18H2,1H3. The van der Waals surface area contributed by atoms with Crippen molar-refractivity contribution in [2.24, 2.45) is 0 Å². The van der Waals surface area contributed by atoms with Crippen LogP contribution in [0.2, 0.25) is 5.02 Å². The van der Waals surface area contributed by atoms with Crippen LogP contribution in [0.15, 0.2) is 40.9 Å². The fourth-order valence-corrected chi connectivity index (χ4v) is 2.59. The maximum Gasteiger partial charge on any atom is 0.124 e. The van der Waals surface area contributed by atoms with Crippen molar-refractivity contribution >= 4 is 38.9 Å². The Labute approximate surface area is 125 Å². The molecule has 0 amide bonds. The van der Waals surface area contributed by atoms with E-state index in [9.17, 15) is 4.39 Å². The maximum absolute atomic E-state index is 13.3. The molecule has 0 aliphatic rings. The molecule has 0 aliphatic heterocycles. The number of nitrogen functional groups attached to an aromatic ring is 1. The van der Waals surface area contributed by atoms with Crippen molar-refractivity contribution in [1.82, 2.24) is 0 Å². The van der Waals surface area contributed by atoms with Gasteiger partial charge in [-0.05, 0) is 42.0 Å². The Balaban J connectivity index is 2.25. The van der Waals surface area contributed by atoms with E-state index in [-0.39, 0.29) is 5.82 Å². The second-order valence-corrected chi connectivity index (χ2v) is 5.69. The summed E-state index contributed by atoms with van der Waals surface area (Å²) in [6.07, 6.45) is 0. The molecule has 2 rings (SSSR count). The number of rotatable bonds is 3. The second kappa shape index (κ2) is 5.80. The van der Waals surface area contributed by atoms with Gasteiger partial charge in [-0.15, -0.1) is 0 Å². The molecule has 0 heterocycles. The van der Waals surface area contributed by atoms with E-state index in [1.165, 1.54) is 12.1 Å². The van der Waals surface area contributed by atoms with E-state index in [0.717, 1.165) is 15.7 Å². The number of hydrogen-bond donors (Lipinski definition) is 1. The molecule has 0 bridgehead atoms. The third kappa shape index (κ3) is 3.61. The zero-order chi connectivity index (χ0) is 14.0. The molecule has 0 radical (unpaired) electrons. The molecule has 2 N–H and O–H groups in total. The van der Waals surface area contributed by atoms with Gasteiger partial charge >= 0.3 is 0 Å². The molecule has 0 aromatic heterocycles. The molecule has 100 valence electrons. The molecule has 0 aliphatic carbocycles. The van der Waals surface area contributed by atoms with Gasteiger partial charge in [0.25, 0.3) is 0 Å². The highest BCUT2D eigenvalue weighted by Crippen LogP contribution is 2.27. The van der Waals surface area contributed by atoms with Crippen molar-refractivity contribution in [1.29, 1.82) is 0 Å². The Morgan fingerprint density at radius 3 is 2.68 bits per heavy atom. The van der Waals surface area contributed by atoms with Crippen molar-refractivity contribution in [3.63, 3.8) is 0 Å². The van der Waals surface area contributed by atoms with Crippen LogP contribution in [0.3, 0.4) is 0 Å². The summed E-state index contributed by atoms with van der Waals surface area (Å²) in [4.78, 5) is 1.93. The summed E-state index contributed by atoms with van der Waals surface area (Å²) in [7, 11) is 1.89. The fraction of sp³-hybridized carbons (Fsp3) is 0.143. The third-order valence-corrected chi connectivity index (χ3v) is 3.44. The summed E-state index contributed by atoms with van der Waals surface area (Å²) in [6, 6.07) is 10.1. The summed E-state index contributed by atoms with van der Waals surface area (Å²) in [6.45, 7) is 0.543. The molecule has 0 unspecified atom stereocenters. The van der Waals surface area contributed by atoms with Crippen LogP contribution in [0.4, 0.5) is 15.8 Å². The van der Waals surface area contributed by atoms with E-state index in [4.69, 9.17) is 17.3 Å². The van der Waals surface area contributed by atoms with Crippen LogP contribution >= 0.6 is 27.5 Å². The average molecular weight is 344 g/mol. The Kier molecular flexibility index (Phi) is 4.32. The van der Waals surface area contributed by atoms with E-state index in [0.29, 0.717) is 17.3 Å². The van der Waals surface area contributed by atoms with Crippen LogP contribution in [0, 0.1) is 5.82 Å². The van der Waals surface area contributed by atoms with Crippen LogP contribution in [-0.4, -0.2) is 7.05 Å². The zero-order valence-corrected chi connectivity index (χ0v) is 12.7. The van der Waals surface area contributed by atoms with Gasteiger partial charge in [-0.3, -0.25) is 0 Å². The van der Waals surface area contributed by atoms with Crippen LogP contribution in [0.1, 0.15) is 5.56 Å². The number of benzene rings is 2. The predicted molar refractivity (Wildman–Crippen MR) is 82.1 cm³/mol. The molecule has 2 aromatic rings. The lowest BCUT2D eigenvalue weighted by molar-refractivity contribution is 0.624. The van der Waals surface area contributed by atoms with Gasteiger partial charge in [0.05, 0.1) is 11.4 Å². The zero-order valence-electron chi connectivity index (χ0n) is 10.3. The SMILES string of the molecule is CN(Cc1cc(F)cc(Br)c1)c1cc(Cl)ccc1N. The number of nitrogens with two attached hydrogens (primary N) is 1. The summed E-state index contributed by atoms with van der Waals surface area (Å²) in [5.41, 5.74) is 8.24. The molecular weight excluding hydrogens is 331 g/mol. The monoisotopic (exact) mass is 342 g/mol. The Morgan fingerprint density at radius 1 is 1.26 bits per heavy atom. The highest BCUT2D eigenvalue weighted by Gasteiger charge is 2.08. The maximum atomic E-state index is 13.3. The minimum Gasteiger partial charge on any atom is -0.397 e. The first-order valence-electron chi connectivity index (χ1n) is 5.67. The second-order valence-electron chi connectivity index (χ2n) is 4.34. The highest BCUT2D eigenvalue weighted by molar-refractivity contribution is 9.10. The van der Waals surface area contributed by atoms with Gasteiger partial charge < -0.3 is 10.6 Å². The topological polar surface area (TPSA) is 29.3 Å². The van der Waals surface area contributed by atoms with Crippen molar-refractivity contribution in [2.75, 3.05) is 17.7 Å². The molecule has 0 atom stereocenters. The molecule has 2 nitrogen and oxygen atoms in total. The quantitative estimate of drug-likeness (QED) is 0.834.